The first-order valence-corrected chi connectivity index (χ1v) is 8.49. The molecule has 23 heavy (non-hydrogen) atoms. The number of hydrogen-bond donors (Lipinski definition) is 2. The van der Waals surface area contributed by atoms with Crippen molar-refractivity contribution in [1.82, 2.24) is 9.97 Å². The predicted molar refractivity (Wildman–Crippen MR) is 98.7 cm³/mol. The van der Waals surface area contributed by atoms with Crippen LogP contribution in [-0.4, -0.2) is 16.5 Å². The van der Waals surface area contributed by atoms with Gasteiger partial charge in [0.1, 0.15) is 5.82 Å². The number of nitrogens with zero attached hydrogens (tertiary/aromatic N) is 2. The summed E-state index contributed by atoms with van der Waals surface area (Å²) < 4.78 is 0. The van der Waals surface area contributed by atoms with Crippen LogP contribution in [0.15, 0.2) is 30.5 Å². The predicted octanol–water partition coefficient (Wildman–Crippen LogP) is 5.29. The van der Waals surface area contributed by atoms with Gasteiger partial charge in [-0.05, 0) is 35.4 Å². The lowest BCUT2D eigenvalue weighted by molar-refractivity contribution is 0.838. The van der Waals surface area contributed by atoms with Gasteiger partial charge in [-0.15, -0.1) is 0 Å². The van der Waals surface area contributed by atoms with Crippen LogP contribution in [0.5, 0.6) is 0 Å². The van der Waals surface area contributed by atoms with E-state index in [0.29, 0.717) is 17.8 Å². The molecule has 0 aliphatic carbocycles. The first-order chi connectivity index (χ1) is 11.0. The third kappa shape index (κ3) is 4.44. The summed E-state index contributed by atoms with van der Waals surface area (Å²) in [6.07, 6.45) is 2.84. The summed E-state index contributed by atoms with van der Waals surface area (Å²) in [5.41, 5.74) is 3.81. The van der Waals surface area contributed by atoms with E-state index in [1.807, 2.05) is 6.07 Å². The second kappa shape index (κ2) is 7.95. The van der Waals surface area contributed by atoms with Crippen molar-refractivity contribution >= 4 is 17.5 Å². The monoisotopic (exact) mass is 312 g/mol. The van der Waals surface area contributed by atoms with Crippen LogP contribution in [0.25, 0.3) is 0 Å². The number of benzene rings is 1. The SMILES string of the molecule is CCCNc1nccc(Nc2c(C(C)C)cccc2C(C)C)n1. The Hall–Kier alpha value is -2.10. The minimum Gasteiger partial charge on any atom is -0.354 e. The topological polar surface area (TPSA) is 49.8 Å². The average Bonchev–Trinajstić information content (AvgIpc) is 2.53. The zero-order valence-corrected chi connectivity index (χ0v) is 14.9. The summed E-state index contributed by atoms with van der Waals surface area (Å²) in [6.45, 7) is 11.9. The van der Waals surface area contributed by atoms with Gasteiger partial charge >= 0.3 is 0 Å². The number of hydrogen-bond acceptors (Lipinski definition) is 4. The van der Waals surface area contributed by atoms with Gasteiger partial charge in [0, 0.05) is 18.4 Å². The highest BCUT2D eigenvalue weighted by Crippen LogP contribution is 2.34. The van der Waals surface area contributed by atoms with Crippen molar-refractivity contribution in [2.75, 3.05) is 17.2 Å². The first kappa shape index (κ1) is 17.3. The molecule has 0 unspecified atom stereocenters. The molecule has 2 rings (SSSR count). The fourth-order valence-electron chi connectivity index (χ4n) is 2.57. The molecule has 124 valence electrons. The standard InChI is InChI=1S/C19H28N4/c1-6-11-20-19-21-12-10-17(23-19)22-18-15(13(2)3)8-7-9-16(18)14(4)5/h7-10,12-14H,6,11H2,1-5H3,(H2,20,21,22,23). The minimum absolute atomic E-state index is 0.454. The summed E-state index contributed by atoms with van der Waals surface area (Å²) >= 11 is 0. The van der Waals surface area contributed by atoms with E-state index in [9.17, 15) is 0 Å². The highest BCUT2D eigenvalue weighted by Gasteiger charge is 2.14. The number of aromatic nitrogens is 2. The van der Waals surface area contributed by atoms with Gasteiger partial charge in [-0.2, -0.15) is 4.98 Å². The number of rotatable bonds is 7. The molecule has 0 amide bonds. The van der Waals surface area contributed by atoms with Gasteiger partial charge in [-0.25, -0.2) is 4.98 Å². The molecule has 1 aromatic carbocycles. The molecule has 0 spiro atoms. The van der Waals surface area contributed by atoms with Crippen LogP contribution in [0.4, 0.5) is 17.5 Å². The molecule has 0 fully saturated rings. The van der Waals surface area contributed by atoms with Gasteiger partial charge in [0.25, 0.3) is 0 Å². The zero-order valence-electron chi connectivity index (χ0n) is 14.9. The normalized spacial score (nSPS) is 11.1. The van der Waals surface area contributed by atoms with Gasteiger partial charge in [0.15, 0.2) is 0 Å². The van der Waals surface area contributed by atoms with Crippen molar-refractivity contribution in [3.63, 3.8) is 0 Å². The van der Waals surface area contributed by atoms with E-state index in [0.717, 1.165) is 18.8 Å². The molecule has 2 N–H and O–H groups in total. The van der Waals surface area contributed by atoms with Crippen molar-refractivity contribution < 1.29 is 0 Å². The zero-order chi connectivity index (χ0) is 16.8. The fourth-order valence-corrected chi connectivity index (χ4v) is 2.57. The van der Waals surface area contributed by atoms with Crippen molar-refractivity contribution in [1.29, 1.82) is 0 Å². The van der Waals surface area contributed by atoms with Crippen LogP contribution in [0.2, 0.25) is 0 Å². The molecule has 0 saturated carbocycles. The van der Waals surface area contributed by atoms with Gasteiger partial charge in [-0.3, -0.25) is 0 Å². The summed E-state index contributed by atoms with van der Waals surface area (Å²) in [7, 11) is 0. The van der Waals surface area contributed by atoms with Crippen LogP contribution in [0, 0.1) is 0 Å². The molecule has 1 heterocycles. The lowest BCUT2D eigenvalue weighted by Gasteiger charge is -2.20. The van der Waals surface area contributed by atoms with Gasteiger partial charge in [0.2, 0.25) is 5.95 Å². The number of para-hydroxylation sites is 1. The lowest BCUT2D eigenvalue weighted by atomic mass is 9.92. The maximum Gasteiger partial charge on any atom is 0.224 e. The Bertz CT molecular complexity index is 609. The fraction of sp³-hybridized carbons (Fsp3) is 0.474. The summed E-state index contributed by atoms with van der Waals surface area (Å²) in [6, 6.07) is 8.44. The summed E-state index contributed by atoms with van der Waals surface area (Å²) in [5, 5.41) is 6.76. The molecule has 0 aliphatic heterocycles. The average molecular weight is 312 g/mol. The van der Waals surface area contributed by atoms with Crippen LogP contribution < -0.4 is 10.6 Å². The third-order valence-electron chi connectivity index (χ3n) is 3.81. The van der Waals surface area contributed by atoms with Gasteiger partial charge < -0.3 is 10.6 Å². The Kier molecular flexibility index (Phi) is 5.97. The van der Waals surface area contributed by atoms with E-state index in [1.54, 1.807) is 6.20 Å². The largest absolute Gasteiger partial charge is 0.354 e. The van der Waals surface area contributed by atoms with Crippen LogP contribution in [0.1, 0.15) is 64.0 Å². The molecular formula is C19H28N4. The Labute approximate surface area is 139 Å². The Morgan fingerprint density at radius 2 is 1.65 bits per heavy atom. The molecule has 0 aliphatic rings. The molecule has 2 aromatic rings. The maximum absolute atomic E-state index is 4.57. The second-order valence-electron chi connectivity index (χ2n) is 6.44. The van der Waals surface area contributed by atoms with Crippen molar-refractivity contribution in [3.8, 4) is 0 Å². The summed E-state index contributed by atoms with van der Waals surface area (Å²) in [5.74, 6) is 2.41. The number of anilines is 3. The van der Waals surface area contributed by atoms with Gasteiger partial charge in [0.05, 0.1) is 0 Å². The Morgan fingerprint density at radius 1 is 1.00 bits per heavy atom. The molecule has 1 aromatic heterocycles. The van der Waals surface area contributed by atoms with Crippen molar-refractivity contribution in [2.45, 2.75) is 52.9 Å². The Balaban J connectivity index is 2.35. The molecule has 0 atom stereocenters. The van der Waals surface area contributed by atoms with Crippen LogP contribution in [0.3, 0.4) is 0 Å². The second-order valence-corrected chi connectivity index (χ2v) is 6.44. The van der Waals surface area contributed by atoms with E-state index in [4.69, 9.17) is 0 Å². The molecule has 0 radical (unpaired) electrons. The van der Waals surface area contributed by atoms with E-state index in [2.05, 4.69) is 73.4 Å². The van der Waals surface area contributed by atoms with Crippen LogP contribution in [-0.2, 0) is 0 Å². The highest BCUT2D eigenvalue weighted by atomic mass is 15.1. The highest BCUT2D eigenvalue weighted by molar-refractivity contribution is 5.67. The van der Waals surface area contributed by atoms with Crippen LogP contribution >= 0.6 is 0 Å². The van der Waals surface area contributed by atoms with E-state index < -0.39 is 0 Å². The lowest BCUT2D eigenvalue weighted by Crippen LogP contribution is -2.08. The molecule has 0 saturated heterocycles. The summed E-state index contributed by atoms with van der Waals surface area (Å²) in [4.78, 5) is 8.84. The number of nitrogens with one attached hydrogen (secondary N) is 2. The Morgan fingerprint density at radius 3 is 2.22 bits per heavy atom. The van der Waals surface area contributed by atoms with E-state index in [-0.39, 0.29) is 0 Å². The van der Waals surface area contributed by atoms with Crippen molar-refractivity contribution in [2.24, 2.45) is 0 Å². The minimum atomic E-state index is 0.454. The third-order valence-corrected chi connectivity index (χ3v) is 3.81. The van der Waals surface area contributed by atoms with E-state index >= 15 is 0 Å². The molecule has 4 nitrogen and oxygen atoms in total. The van der Waals surface area contributed by atoms with Crippen molar-refractivity contribution in [3.05, 3.63) is 41.6 Å². The molecule has 4 heteroatoms. The smallest absolute Gasteiger partial charge is 0.224 e. The van der Waals surface area contributed by atoms with Gasteiger partial charge in [-0.1, -0.05) is 52.8 Å². The molecule has 0 bridgehead atoms. The van der Waals surface area contributed by atoms with E-state index in [1.165, 1.54) is 16.8 Å². The first-order valence-electron chi connectivity index (χ1n) is 8.49. The maximum atomic E-state index is 4.57. The quantitative estimate of drug-likeness (QED) is 0.729. The molecular weight excluding hydrogens is 284 g/mol.